The van der Waals surface area contributed by atoms with Crippen molar-refractivity contribution < 1.29 is 19.0 Å². The first-order chi connectivity index (χ1) is 13.6. The molecule has 2 aromatic rings. The first kappa shape index (κ1) is 20.4. The molecule has 0 saturated carbocycles. The maximum Gasteiger partial charge on any atom is 0.263 e. The van der Waals surface area contributed by atoms with Crippen LogP contribution in [0.5, 0.6) is 11.5 Å². The summed E-state index contributed by atoms with van der Waals surface area (Å²) in [6.45, 7) is 3.91. The number of nitrogens with one attached hydrogen (secondary N) is 1. The lowest BCUT2D eigenvalue weighted by molar-refractivity contribution is -0.115. The van der Waals surface area contributed by atoms with Crippen LogP contribution in [0, 0.1) is 6.92 Å². The molecule has 1 saturated heterocycles. The molecule has 0 aromatic heterocycles. The summed E-state index contributed by atoms with van der Waals surface area (Å²) in [6, 6.07) is 15.4. The lowest BCUT2D eigenvalue weighted by atomic mass is 10.2. The Morgan fingerprint density at radius 1 is 1.04 bits per heavy atom. The molecule has 0 unspecified atom stereocenters. The van der Waals surface area contributed by atoms with Gasteiger partial charge in [0, 0.05) is 0 Å². The Hall–Kier alpha value is -2.35. The van der Waals surface area contributed by atoms with Crippen molar-refractivity contribution in [3.8, 4) is 11.5 Å². The van der Waals surface area contributed by atoms with Gasteiger partial charge in [0.15, 0.2) is 0 Å². The van der Waals surface area contributed by atoms with Crippen LogP contribution in [0.4, 0.5) is 0 Å². The number of aryl methyl sites for hydroxylation is 1. The van der Waals surface area contributed by atoms with Crippen LogP contribution in [0.3, 0.4) is 0 Å². The minimum Gasteiger partial charge on any atom is -0.491 e. The number of hydrogen-bond donors (Lipinski definition) is 1. The van der Waals surface area contributed by atoms with Crippen molar-refractivity contribution in [2.24, 2.45) is 0 Å². The second-order valence-electron chi connectivity index (χ2n) is 6.00. The Morgan fingerprint density at radius 3 is 2.57 bits per heavy atom. The molecule has 1 N–H and O–H groups in total. The van der Waals surface area contributed by atoms with Crippen molar-refractivity contribution in [1.82, 2.24) is 5.32 Å². The van der Waals surface area contributed by atoms with Gasteiger partial charge in [-0.3, -0.25) is 4.79 Å². The van der Waals surface area contributed by atoms with Crippen LogP contribution < -0.4 is 14.8 Å². The van der Waals surface area contributed by atoms with E-state index in [0.717, 1.165) is 22.6 Å². The van der Waals surface area contributed by atoms with E-state index in [9.17, 15) is 4.79 Å². The van der Waals surface area contributed by atoms with E-state index in [-0.39, 0.29) is 5.91 Å². The summed E-state index contributed by atoms with van der Waals surface area (Å²) < 4.78 is 17.4. The molecule has 1 aliphatic rings. The molecule has 1 aliphatic heterocycles. The van der Waals surface area contributed by atoms with E-state index >= 15 is 0 Å². The maximum absolute atomic E-state index is 11.7. The Labute approximate surface area is 174 Å². The highest BCUT2D eigenvalue weighted by Crippen LogP contribution is 2.26. The maximum atomic E-state index is 11.7. The van der Waals surface area contributed by atoms with Gasteiger partial charge in [0.05, 0.1) is 18.1 Å². The molecule has 0 radical (unpaired) electrons. The summed E-state index contributed by atoms with van der Waals surface area (Å²) >= 11 is 6.25. The molecular weight excluding hydrogens is 394 g/mol. The second kappa shape index (κ2) is 10.3. The number of amides is 1. The highest BCUT2D eigenvalue weighted by molar-refractivity contribution is 8.26. The van der Waals surface area contributed by atoms with Crippen molar-refractivity contribution in [1.29, 1.82) is 0 Å². The third kappa shape index (κ3) is 6.09. The minimum atomic E-state index is -0.164. The van der Waals surface area contributed by atoms with Crippen molar-refractivity contribution >= 4 is 40.3 Å². The molecule has 3 rings (SSSR count). The van der Waals surface area contributed by atoms with Crippen molar-refractivity contribution in [3.05, 3.63) is 64.6 Å². The van der Waals surface area contributed by atoms with Gasteiger partial charge in [-0.15, -0.1) is 0 Å². The van der Waals surface area contributed by atoms with E-state index in [1.807, 2.05) is 55.5 Å². The van der Waals surface area contributed by atoms with Gasteiger partial charge < -0.3 is 19.5 Å². The zero-order chi connectivity index (χ0) is 19.8. The number of hydrogen-bond acceptors (Lipinski definition) is 6. The molecule has 2 aromatic carbocycles. The highest BCUT2D eigenvalue weighted by atomic mass is 32.2. The number of ether oxygens (including phenoxy) is 3. The average Bonchev–Trinajstić information content (AvgIpc) is 2.99. The van der Waals surface area contributed by atoms with E-state index in [1.165, 1.54) is 11.8 Å². The SMILES string of the molecule is Cc1ccccc1OCCOCCOc1cccc(C=C2SC(=S)NC2=O)c1. The van der Waals surface area contributed by atoms with Gasteiger partial charge in [-0.25, -0.2) is 0 Å². The fraction of sp³-hybridized carbons (Fsp3) is 0.238. The number of thiocarbonyl (C=S) groups is 1. The summed E-state index contributed by atoms with van der Waals surface area (Å²) in [5, 5.41) is 2.60. The van der Waals surface area contributed by atoms with Gasteiger partial charge >= 0.3 is 0 Å². The van der Waals surface area contributed by atoms with Gasteiger partial charge in [0.2, 0.25) is 0 Å². The molecule has 1 fully saturated rings. The lowest BCUT2D eigenvalue weighted by Crippen LogP contribution is -2.17. The van der Waals surface area contributed by atoms with Crippen LogP contribution in [0.15, 0.2) is 53.4 Å². The third-order valence-electron chi connectivity index (χ3n) is 3.87. The quantitative estimate of drug-likeness (QED) is 0.380. The summed E-state index contributed by atoms with van der Waals surface area (Å²) in [4.78, 5) is 12.3. The predicted octanol–water partition coefficient (Wildman–Crippen LogP) is 3.96. The van der Waals surface area contributed by atoms with Crippen LogP contribution in [0.2, 0.25) is 0 Å². The normalized spacial score (nSPS) is 15.0. The number of thioether (sulfide) groups is 1. The van der Waals surface area contributed by atoms with Gasteiger partial charge in [0.1, 0.15) is 29.0 Å². The van der Waals surface area contributed by atoms with Crippen molar-refractivity contribution in [2.75, 3.05) is 26.4 Å². The van der Waals surface area contributed by atoms with E-state index in [1.54, 1.807) is 6.08 Å². The molecular formula is C21H21NO4S2. The zero-order valence-electron chi connectivity index (χ0n) is 15.5. The van der Waals surface area contributed by atoms with E-state index < -0.39 is 0 Å². The number of rotatable bonds is 9. The predicted molar refractivity (Wildman–Crippen MR) is 116 cm³/mol. The Balaban J connectivity index is 1.37. The fourth-order valence-electron chi connectivity index (χ4n) is 2.52. The number of benzene rings is 2. The van der Waals surface area contributed by atoms with Crippen LogP contribution in [0.1, 0.15) is 11.1 Å². The van der Waals surface area contributed by atoms with Crippen LogP contribution in [0.25, 0.3) is 6.08 Å². The van der Waals surface area contributed by atoms with Crippen LogP contribution >= 0.6 is 24.0 Å². The molecule has 1 heterocycles. The number of para-hydroxylation sites is 1. The zero-order valence-corrected chi connectivity index (χ0v) is 17.1. The molecule has 7 heteroatoms. The monoisotopic (exact) mass is 415 g/mol. The Bertz CT molecular complexity index is 882. The first-order valence-corrected chi connectivity index (χ1v) is 10.1. The van der Waals surface area contributed by atoms with Gasteiger partial charge in [-0.05, 0) is 42.3 Å². The van der Waals surface area contributed by atoms with Gasteiger partial charge in [0.25, 0.3) is 5.91 Å². The van der Waals surface area contributed by atoms with E-state index in [0.29, 0.717) is 35.7 Å². The topological polar surface area (TPSA) is 56.8 Å². The van der Waals surface area contributed by atoms with Crippen LogP contribution in [-0.4, -0.2) is 36.7 Å². The summed E-state index contributed by atoms with van der Waals surface area (Å²) in [5.74, 6) is 1.44. The second-order valence-corrected chi connectivity index (χ2v) is 7.72. The Kier molecular flexibility index (Phi) is 7.47. The average molecular weight is 416 g/mol. The fourth-order valence-corrected chi connectivity index (χ4v) is 3.56. The molecule has 0 bridgehead atoms. The first-order valence-electron chi connectivity index (χ1n) is 8.86. The molecule has 1 amide bonds. The van der Waals surface area contributed by atoms with Gasteiger partial charge in [-0.1, -0.05) is 54.3 Å². The van der Waals surface area contributed by atoms with Crippen molar-refractivity contribution in [2.45, 2.75) is 6.92 Å². The minimum absolute atomic E-state index is 0.164. The third-order valence-corrected chi connectivity index (χ3v) is 5.04. The van der Waals surface area contributed by atoms with E-state index in [4.69, 9.17) is 26.4 Å². The molecule has 0 spiro atoms. The van der Waals surface area contributed by atoms with Crippen LogP contribution in [-0.2, 0) is 9.53 Å². The molecule has 28 heavy (non-hydrogen) atoms. The summed E-state index contributed by atoms with van der Waals surface area (Å²) in [6.07, 6.45) is 1.80. The van der Waals surface area contributed by atoms with Crippen molar-refractivity contribution in [3.63, 3.8) is 0 Å². The number of carbonyl (C=O) groups excluding carboxylic acids is 1. The van der Waals surface area contributed by atoms with E-state index in [2.05, 4.69) is 5.32 Å². The number of carbonyl (C=O) groups is 1. The largest absolute Gasteiger partial charge is 0.491 e. The molecule has 0 atom stereocenters. The molecule has 5 nitrogen and oxygen atoms in total. The standard InChI is InChI=1S/C21H21NO4S2/c1-15-5-2-3-8-18(15)26-12-10-24-9-11-25-17-7-4-6-16(13-17)14-19-20(23)22-21(27)28-19/h2-8,13-14H,9-12H2,1H3,(H,22,23,27). The molecule has 146 valence electrons. The Morgan fingerprint density at radius 2 is 1.82 bits per heavy atom. The van der Waals surface area contributed by atoms with Gasteiger partial charge in [-0.2, -0.15) is 0 Å². The summed E-state index contributed by atoms with van der Waals surface area (Å²) in [5.41, 5.74) is 1.99. The smallest absolute Gasteiger partial charge is 0.263 e. The highest BCUT2D eigenvalue weighted by Gasteiger charge is 2.21. The summed E-state index contributed by atoms with van der Waals surface area (Å²) in [7, 11) is 0. The molecule has 0 aliphatic carbocycles. The lowest BCUT2D eigenvalue weighted by Gasteiger charge is -2.10.